The van der Waals surface area contributed by atoms with Gasteiger partial charge in [0.15, 0.2) is 0 Å². The summed E-state index contributed by atoms with van der Waals surface area (Å²) in [4.78, 5) is 26.0. The second-order valence-electron chi connectivity index (χ2n) is 8.37. The summed E-state index contributed by atoms with van der Waals surface area (Å²) in [5, 5.41) is 10.3. The number of carbonyl (C=O) groups is 2. The Bertz CT molecular complexity index is 1040. The van der Waals surface area contributed by atoms with Gasteiger partial charge < -0.3 is 38.3 Å². The van der Waals surface area contributed by atoms with Crippen molar-refractivity contribution >= 4 is 30.5 Å². The molecule has 2 aromatic carbocycles. The molecule has 7 nitrogen and oxygen atoms in total. The van der Waals surface area contributed by atoms with Gasteiger partial charge >= 0.3 is 36.2 Å². The first-order valence-corrected chi connectivity index (χ1v) is 12.8. The second kappa shape index (κ2) is 23.2. The molecular weight excluding hydrogens is 548 g/mol. The Hall–Kier alpha value is -2.40. The number of alkyl halides is 2. The summed E-state index contributed by atoms with van der Waals surface area (Å²) >= 11 is 0. The molecule has 3 atom stereocenters. The topological polar surface area (TPSA) is 88.4 Å². The van der Waals surface area contributed by atoms with Gasteiger partial charge in [0.1, 0.15) is 11.6 Å². The number of hydrogen-bond acceptors (Lipinski definition) is 6. The summed E-state index contributed by atoms with van der Waals surface area (Å²) in [7, 11) is 1.31. The van der Waals surface area contributed by atoms with Crippen LogP contribution in [0.4, 0.5) is 24.5 Å². The van der Waals surface area contributed by atoms with E-state index in [9.17, 15) is 23.1 Å². The second-order valence-corrected chi connectivity index (χ2v) is 8.37. The molecule has 3 rings (SSSR count). The summed E-state index contributed by atoms with van der Waals surface area (Å²) in [5.74, 6) is -0.508. The van der Waals surface area contributed by atoms with E-state index >= 15 is 0 Å². The molecule has 3 unspecified atom stereocenters. The molecule has 41 heavy (non-hydrogen) atoms. The molecule has 224 valence electrons. The van der Waals surface area contributed by atoms with Crippen molar-refractivity contribution in [3.05, 3.63) is 67.2 Å². The maximum atomic E-state index is 13.5. The number of nitrogens with zero attached hydrogens (tertiary/aromatic N) is 2. The molecule has 0 aliphatic carbocycles. The number of methoxy groups -OCH3 is 1. The molecular formula is C30H39F3N2NaO5-3. The predicted molar refractivity (Wildman–Crippen MR) is 150 cm³/mol. The molecule has 0 radical (unpaired) electrons. The minimum absolute atomic E-state index is 0. The molecule has 0 saturated carbocycles. The van der Waals surface area contributed by atoms with Crippen LogP contribution in [0.5, 0.6) is 5.75 Å². The third-order valence-electron chi connectivity index (χ3n) is 5.31. The number of ether oxygens (including phenoxy) is 2. The van der Waals surface area contributed by atoms with Crippen molar-refractivity contribution < 1.29 is 66.9 Å². The number of anilines is 1. The van der Waals surface area contributed by atoms with Crippen molar-refractivity contribution in [1.82, 2.24) is 0 Å². The Balaban J connectivity index is 0. The number of carbonyl (C=O) groups excluding carboxylic acids is 2. The molecule has 0 aromatic heterocycles. The predicted octanol–water partition coefficient (Wildman–Crippen LogP) is 3.73. The van der Waals surface area contributed by atoms with E-state index in [4.69, 9.17) is 4.79 Å². The fourth-order valence-electron chi connectivity index (χ4n) is 3.47. The largest absolute Gasteiger partial charge is 1.00 e. The molecule has 11 heteroatoms. The van der Waals surface area contributed by atoms with Crippen molar-refractivity contribution in [2.75, 3.05) is 12.0 Å². The zero-order valence-corrected chi connectivity index (χ0v) is 26.7. The van der Waals surface area contributed by atoms with E-state index in [1.165, 1.54) is 7.11 Å². The summed E-state index contributed by atoms with van der Waals surface area (Å²) in [6.07, 6.45) is 5.09. The number of aliphatic hydroxyl groups excluding tert-OH is 1. The Kier molecular flexibility index (Phi) is 23.0. The van der Waals surface area contributed by atoms with E-state index < -0.39 is 18.5 Å². The van der Waals surface area contributed by atoms with Gasteiger partial charge in [-0.15, -0.1) is 18.7 Å². The standard InChI is InChI=1S/C20H17F3N2O3.C6H12.C2H4O2.C2H6.Na/c1-12-5-7-14-16(3-2-4-17(14)25(12)11-26)24-10-18(27)15-9-13(21)6-8-19(15)28-20(22)23;1-4-5-6(2)3;1-4-2-3;1-2;/h2,4,6,8-9,11-12,18,20,27H,5,7H2,1H3;6H,1-2,4-5H2,3H3;2H,1H3;1-2H3;/q2*-2;;;+1. The number of hydrogen-bond donors (Lipinski definition) is 1. The smallest absolute Gasteiger partial charge is 0.478 e. The molecule has 1 aliphatic rings. The number of amides is 1. The molecule has 0 fully saturated rings. The van der Waals surface area contributed by atoms with E-state index in [0.717, 1.165) is 49.4 Å². The van der Waals surface area contributed by atoms with Gasteiger partial charge in [-0.2, -0.15) is 32.7 Å². The van der Waals surface area contributed by atoms with Crippen LogP contribution in [0.2, 0.25) is 0 Å². The minimum Gasteiger partial charge on any atom is -0.478 e. The van der Waals surface area contributed by atoms with Crippen molar-refractivity contribution in [2.24, 2.45) is 10.9 Å². The number of fused-ring (bicyclic) bond motifs is 1. The Morgan fingerprint density at radius 1 is 1.29 bits per heavy atom. The summed E-state index contributed by atoms with van der Waals surface area (Å²) in [5.41, 5.74) is 1.59. The van der Waals surface area contributed by atoms with Crippen LogP contribution in [0, 0.1) is 31.6 Å². The monoisotopic (exact) mass is 587 g/mol. The normalized spacial score (nSPS) is 14.8. The third kappa shape index (κ3) is 14.9. The van der Waals surface area contributed by atoms with Crippen LogP contribution in [0.1, 0.15) is 64.2 Å². The Morgan fingerprint density at radius 2 is 1.93 bits per heavy atom. The van der Waals surface area contributed by atoms with Crippen LogP contribution < -0.4 is 39.2 Å². The molecule has 0 saturated heterocycles. The third-order valence-corrected chi connectivity index (χ3v) is 5.31. The van der Waals surface area contributed by atoms with Crippen LogP contribution >= 0.6 is 0 Å². The number of rotatable bonds is 9. The van der Waals surface area contributed by atoms with Gasteiger partial charge in [0, 0.05) is 17.7 Å². The first kappa shape index (κ1) is 40.7. The van der Waals surface area contributed by atoms with Gasteiger partial charge in [0.05, 0.1) is 7.11 Å². The molecule has 1 aliphatic heterocycles. The Labute approximate surface area is 264 Å². The van der Waals surface area contributed by atoms with Crippen LogP contribution in [-0.2, 0) is 20.7 Å². The summed E-state index contributed by atoms with van der Waals surface area (Å²) in [6.45, 7) is 12.8. The quantitative estimate of drug-likeness (QED) is 0.209. The summed E-state index contributed by atoms with van der Waals surface area (Å²) in [6, 6.07) is 9.12. The maximum Gasteiger partial charge on any atom is 1.00 e. The van der Waals surface area contributed by atoms with Gasteiger partial charge in [0.25, 0.3) is 6.47 Å². The zero-order chi connectivity index (χ0) is 30.7. The molecule has 1 N–H and O–H groups in total. The molecule has 2 aromatic rings. The first-order valence-electron chi connectivity index (χ1n) is 12.8. The fraction of sp³-hybridized carbons (Fsp3) is 0.433. The van der Waals surface area contributed by atoms with Gasteiger partial charge in [-0.25, -0.2) is 10.1 Å². The van der Waals surface area contributed by atoms with E-state index in [1.807, 2.05) is 20.8 Å². The zero-order valence-electron chi connectivity index (χ0n) is 24.7. The van der Waals surface area contributed by atoms with Crippen LogP contribution in [0.25, 0.3) is 0 Å². The van der Waals surface area contributed by atoms with E-state index in [2.05, 4.69) is 47.5 Å². The average Bonchev–Trinajstić information content (AvgIpc) is 2.93. The van der Waals surface area contributed by atoms with Gasteiger partial charge in [-0.3, -0.25) is 15.7 Å². The SMILES string of the molecule is CC.CC1CCc2c(N=[C-]C(O)c3cc(F)ccc3OC(F)F)[c-]ccc2N1C=O.COC=O.[CH2-]CCC([CH2-])C.[Na+]. The first-order chi connectivity index (χ1) is 19.1. The maximum absolute atomic E-state index is 13.5. The number of benzene rings is 2. The average molecular weight is 588 g/mol. The van der Waals surface area contributed by atoms with Gasteiger partial charge in [0.2, 0.25) is 6.41 Å². The molecule has 1 amide bonds. The van der Waals surface area contributed by atoms with E-state index in [-0.39, 0.29) is 46.9 Å². The molecule has 1 heterocycles. The number of aliphatic hydroxyl groups is 1. The van der Waals surface area contributed by atoms with Crippen LogP contribution in [-0.4, -0.2) is 44.0 Å². The molecule has 0 bridgehead atoms. The van der Waals surface area contributed by atoms with Crippen molar-refractivity contribution in [2.45, 2.75) is 72.1 Å². The van der Waals surface area contributed by atoms with Gasteiger partial charge in [-0.1, -0.05) is 32.9 Å². The molecule has 0 spiro atoms. The number of aliphatic imine (C=N–C) groups is 1. The van der Waals surface area contributed by atoms with Crippen molar-refractivity contribution in [3.63, 3.8) is 0 Å². The summed E-state index contributed by atoms with van der Waals surface area (Å²) < 4.78 is 46.7. The van der Waals surface area contributed by atoms with Crippen molar-refractivity contribution in [1.29, 1.82) is 0 Å². The van der Waals surface area contributed by atoms with Crippen LogP contribution in [0.15, 0.2) is 35.3 Å². The van der Waals surface area contributed by atoms with E-state index in [1.54, 1.807) is 17.0 Å². The van der Waals surface area contributed by atoms with Crippen LogP contribution in [0.3, 0.4) is 0 Å². The van der Waals surface area contributed by atoms with Gasteiger partial charge in [-0.05, 0) is 31.5 Å². The number of halogens is 3. The van der Waals surface area contributed by atoms with E-state index in [0.29, 0.717) is 30.2 Å². The minimum atomic E-state index is -3.13. The fourth-order valence-corrected chi connectivity index (χ4v) is 3.47. The Morgan fingerprint density at radius 3 is 2.41 bits per heavy atom. The van der Waals surface area contributed by atoms with Crippen molar-refractivity contribution in [3.8, 4) is 5.75 Å².